The molecule has 0 amide bonds. The van der Waals surface area contributed by atoms with Crippen molar-refractivity contribution in [3.63, 3.8) is 0 Å². The Kier molecular flexibility index (Phi) is 5.28. The molecule has 2 aliphatic rings. The standard InChI is InChI=1S/C15H28O6/c1-14(2)18-10(6-12(8-16)20-14)5-11-7-13(9-17)21-15(3,4)19-11/h10-13,16-17H,5-9H2,1-4H3/t10-,11+,12-,13+. The third kappa shape index (κ3) is 4.87. The molecule has 2 fully saturated rings. The third-order valence-corrected chi connectivity index (χ3v) is 3.79. The van der Waals surface area contributed by atoms with E-state index in [4.69, 9.17) is 18.9 Å². The topological polar surface area (TPSA) is 77.4 Å². The second-order valence-corrected chi connectivity index (χ2v) is 6.83. The molecule has 0 aliphatic carbocycles. The SMILES string of the molecule is CC1(C)O[C@@H](C[C@@H]2C[C@H](CO)OC(C)(C)O2)C[C@@H](CO)O1. The van der Waals surface area contributed by atoms with Gasteiger partial charge in [0.2, 0.25) is 0 Å². The van der Waals surface area contributed by atoms with Crippen molar-refractivity contribution in [2.75, 3.05) is 13.2 Å². The minimum Gasteiger partial charge on any atom is -0.394 e. The first-order valence-electron chi connectivity index (χ1n) is 7.66. The average molecular weight is 304 g/mol. The first-order valence-corrected chi connectivity index (χ1v) is 7.66. The van der Waals surface area contributed by atoms with E-state index in [1.165, 1.54) is 0 Å². The summed E-state index contributed by atoms with van der Waals surface area (Å²) in [6.45, 7) is 7.39. The lowest BCUT2D eigenvalue weighted by atomic mass is 9.98. The molecule has 0 saturated carbocycles. The van der Waals surface area contributed by atoms with E-state index in [0.29, 0.717) is 19.3 Å². The van der Waals surface area contributed by atoms with Crippen molar-refractivity contribution < 1.29 is 29.2 Å². The zero-order valence-corrected chi connectivity index (χ0v) is 13.4. The molecular weight excluding hydrogens is 276 g/mol. The molecule has 6 heteroatoms. The molecule has 0 spiro atoms. The molecule has 0 bridgehead atoms. The Morgan fingerprint density at radius 3 is 1.38 bits per heavy atom. The molecule has 6 nitrogen and oxygen atoms in total. The van der Waals surface area contributed by atoms with Crippen LogP contribution in [0.4, 0.5) is 0 Å². The lowest BCUT2D eigenvalue weighted by molar-refractivity contribution is -0.328. The molecule has 2 aliphatic heterocycles. The monoisotopic (exact) mass is 304 g/mol. The summed E-state index contributed by atoms with van der Waals surface area (Å²) >= 11 is 0. The van der Waals surface area contributed by atoms with Gasteiger partial charge in [-0.2, -0.15) is 0 Å². The number of rotatable bonds is 4. The van der Waals surface area contributed by atoms with Gasteiger partial charge in [0.05, 0.1) is 37.6 Å². The number of ether oxygens (including phenoxy) is 4. The summed E-state index contributed by atoms with van der Waals surface area (Å²) in [5.74, 6) is -1.40. The van der Waals surface area contributed by atoms with Gasteiger partial charge in [0.15, 0.2) is 11.6 Å². The predicted octanol–water partition coefficient (Wildman–Crippen LogP) is 1.18. The smallest absolute Gasteiger partial charge is 0.163 e. The number of aliphatic hydroxyl groups is 2. The van der Waals surface area contributed by atoms with Gasteiger partial charge in [0.1, 0.15) is 0 Å². The van der Waals surface area contributed by atoms with Crippen molar-refractivity contribution >= 4 is 0 Å². The molecule has 2 heterocycles. The fourth-order valence-electron chi connectivity index (χ4n) is 3.25. The van der Waals surface area contributed by atoms with Gasteiger partial charge in [-0.1, -0.05) is 0 Å². The minimum atomic E-state index is -0.701. The Morgan fingerprint density at radius 1 is 0.714 bits per heavy atom. The van der Waals surface area contributed by atoms with Crippen LogP contribution in [0.15, 0.2) is 0 Å². The van der Waals surface area contributed by atoms with Crippen LogP contribution >= 0.6 is 0 Å². The quantitative estimate of drug-likeness (QED) is 0.812. The largest absolute Gasteiger partial charge is 0.394 e. The van der Waals surface area contributed by atoms with Crippen molar-refractivity contribution in [2.45, 2.75) is 82.9 Å². The van der Waals surface area contributed by atoms with Gasteiger partial charge >= 0.3 is 0 Å². The van der Waals surface area contributed by atoms with Crippen molar-refractivity contribution in [1.82, 2.24) is 0 Å². The van der Waals surface area contributed by atoms with Gasteiger partial charge < -0.3 is 29.2 Å². The van der Waals surface area contributed by atoms with Crippen LogP contribution in [-0.2, 0) is 18.9 Å². The molecule has 4 atom stereocenters. The van der Waals surface area contributed by atoms with E-state index >= 15 is 0 Å². The van der Waals surface area contributed by atoms with Gasteiger partial charge in [-0.05, 0) is 27.7 Å². The van der Waals surface area contributed by atoms with Gasteiger partial charge in [-0.15, -0.1) is 0 Å². The molecule has 0 aromatic heterocycles. The van der Waals surface area contributed by atoms with Crippen LogP contribution in [0.1, 0.15) is 47.0 Å². The highest BCUT2D eigenvalue weighted by Gasteiger charge is 2.40. The Balaban J connectivity index is 1.96. The maximum atomic E-state index is 9.35. The summed E-state index contributed by atoms with van der Waals surface area (Å²) in [6, 6.07) is 0. The van der Waals surface area contributed by atoms with Gasteiger partial charge in [-0.3, -0.25) is 0 Å². The molecule has 0 radical (unpaired) electrons. The molecule has 0 aromatic rings. The molecule has 2 saturated heterocycles. The molecule has 2 rings (SSSR count). The normalized spacial score (nSPS) is 39.1. The zero-order valence-electron chi connectivity index (χ0n) is 13.4. The Morgan fingerprint density at radius 2 is 1.05 bits per heavy atom. The predicted molar refractivity (Wildman–Crippen MR) is 75.7 cm³/mol. The van der Waals surface area contributed by atoms with Crippen molar-refractivity contribution in [2.24, 2.45) is 0 Å². The average Bonchev–Trinajstić information content (AvgIpc) is 2.34. The molecule has 0 aromatic carbocycles. The number of hydrogen-bond donors (Lipinski definition) is 2. The van der Waals surface area contributed by atoms with Crippen LogP contribution in [0.2, 0.25) is 0 Å². The van der Waals surface area contributed by atoms with E-state index in [9.17, 15) is 10.2 Å². The van der Waals surface area contributed by atoms with Crippen LogP contribution in [0, 0.1) is 0 Å². The molecular formula is C15H28O6. The van der Waals surface area contributed by atoms with Crippen LogP contribution < -0.4 is 0 Å². The fraction of sp³-hybridized carbons (Fsp3) is 1.00. The minimum absolute atomic E-state index is 0.0112. The first kappa shape index (κ1) is 17.1. The van der Waals surface area contributed by atoms with Crippen LogP contribution in [0.25, 0.3) is 0 Å². The van der Waals surface area contributed by atoms with Crippen LogP contribution in [-0.4, -0.2) is 59.4 Å². The Hall–Kier alpha value is -0.240. The van der Waals surface area contributed by atoms with Crippen LogP contribution in [0.3, 0.4) is 0 Å². The number of hydrogen-bond acceptors (Lipinski definition) is 6. The van der Waals surface area contributed by atoms with Crippen molar-refractivity contribution in [1.29, 1.82) is 0 Å². The van der Waals surface area contributed by atoms with Gasteiger partial charge in [0.25, 0.3) is 0 Å². The summed E-state index contributed by atoms with van der Waals surface area (Å²) in [4.78, 5) is 0. The van der Waals surface area contributed by atoms with Crippen LogP contribution in [0.5, 0.6) is 0 Å². The maximum Gasteiger partial charge on any atom is 0.163 e. The zero-order chi connectivity index (χ0) is 15.7. The molecule has 124 valence electrons. The lowest BCUT2D eigenvalue weighted by Gasteiger charge is -2.44. The second kappa shape index (κ2) is 6.48. The van der Waals surface area contributed by atoms with Crippen molar-refractivity contribution in [3.05, 3.63) is 0 Å². The van der Waals surface area contributed by atoms with Gasteiger partial charge in [0, 0.05) is 19.3 Å². The van der Waals surface area contributed by atoms with E-state index in [1.54, 1.807) is 0 Å². The summed E-state index contributed by atoms with van der Waals surface area (Å²) in [7, 11) is 0. The summed E-state index contributed by atoms with van der Waals surface area (Å²) in [5.41, 5.74) is 0. The van der Waals surface area contributed by atoms with E-state index in [-0.39, 0.29) is 37.6 Å². The van der Waals surface area contributed by atoms with E-state index in [0.717, 1.165) is 0 Å². The maximum absolute atomic E-state index is 9.35. The lowest BCUT2D eigenvalue weighted by Crippen LogP contribution is -2.50. The second-order valence-electron chi connectivity index (χ2n) is 6.83. The molecule has 2 N–H and O–H groups in total. The highest BCUT2D eigenvalue weighted by atomic mass is 16.7. The molecule has 21 heavy (non-hydrogen) atoms. The van der Waals surface area contributed by atoms with Crippen molar-refractivity contribution in [3.8, 4) is 0 Å². The van der Waals surface area contributed by atoms with E-state index in [1.807, 2.05) is 27.7 Å². The summed E-state index contributed by atoms with van der Waals surface area (Å²) < 4.78 is 23.2. The summed E-state index contributed by atoms with van der Waals surface area (Å²) in [5, 5.41) is 18.7. The third-order valence-electron chi connectivity index (χ3n) is 3.79. The van der Waals surface area contributed by atoms with E-state index in [2.05, 4.69) is 0 Å². The van der Waals surface area contributed by atoms with Gasteiger partial charge in [-0.25, -0.2) is 0 Å². The summed E-state index contributed by atoms with van der Waals surface area (Å²) in [6.07, 6.45) is 1.50. The first-order chi connectivity index (χ1) is 9.73. The Bertz CT molecular complexity index is 311. The molecule has 0 unspecified atom stereocenters. The number of aliphatic hydroxyl groups excluding tert-OH is 2. The highest BCUT2D eigenvalue weighted by molar-refractivity contribution is 4.82. The van der Waals surface area contributed by atoms with E-state index < -0.39 is 11.6 Å². The fourth-order valence-corrected chi connectivity index (χ4v) is 3.25. The highest BCUT2D eigenvalue weighted by Crippen LogP contribution is 2.33. The Labute approximate surface area is 126 Å².